The highest BCUT2D eigenvalue weighted by Crippen LogP contribution is 2.14. The maximum Gasteiger partial charge on any atom is 0.328 e. The summed E-state index contributed by atoms with van der Waals surface area (Å²) in [5.41, 5.74) is 1.42. The molecule has 0 bridgehead atoms. The summed E-state index contributed by atoms with van der Waals surface area (Å²) in [4.78, 5) is 14.5. The van der Waals surface area contributed by atoms with Gasteiger partial charge in [0.25, 0.3) is 0 Å². The largest absolute Gasteiger partial charge is 0.491 e. The summed E-state index contributed by atoms with van der Waals surface area (Å²) >= 11 is 0. The number of carboxylic acid groups (broad SMARTS) is 1. The van der Waals surface area contributed by atoms with Crippen LogP contribution in [0.4, 0.5) is 0 Å². The normalized spacial score (nSPS) is 10.8. The Kier molecular flexibility index (Phi) is 3.92. The van der Waals surface area contributed by atoms with Gasteiger partial charge in [0.05, 0.1) is 30.9 Å². The Morgan fingerprint density at radius 1 is 1.47 bits per heavy atom. The van der Waals surface area contributed by atoms with Crippen LogP contribution in [-0.2, 0) is 4.79 Å². The molecular formula is C13H13N3O3. The molecule has 6 nitrogen and oxygen atoms in total. The van der Waals surface area contributed by atoms with Crippen molar-refractivity contribution in [2.45, 2.75) is 6.92 Å². The predicted molar refractivity (Wildman–Crippen MR) is 69.2 cm³/mol. The highest BCUT2D eigenvalue weighted by Gasteiger charge is 2.02. The molecule has 0 amide bonds. The molecule has 0 unspecified atom stereocenters. The summed E-state index contributed by atoms with van der Waals surface area (Å²) in [6, 6.07) is 1.79. The first kappa shape index (κ1) is 12.8. The topological polar surface area (TPSA) is 77.2 Å². The van der Waals surface area contributed by atoms with Gasteiger partial charge >= 0.3 is 5.97 Å². The Morgan fingerprint density at radius 2 is 2.32 bits per heavy atom. The molecule has 0 radical (unpaired) electrons. The monoisotopic (exact) mass is 259 g/mol. The molecule has 2 aromatic rings. The zero-order valence-electron chi connectivity index (χ0n) is 10.4. The third-order valence-electron chi connectivity index (χ3n) is 2.30. The molecule has 6 heteroatoms. The molecule has 2 rings (SSSR count). The number of aromatic nitrogens is 3. The molecule has 0 fully saturated rings. The molecule has 1 N–H and O–H groups in total. The summed E-state index contributed by atoms with van der Waals surface area (Å²) in [6.45, 7) is 2.47. The van der Waals surface area contributed by atoms with Crippen LogP contribution in [-0.4, -0.2) is 32.4 Å². The van der Waals surface area contributed by atoms with Crippen molar-refractivity contribution in [1.29, 1.82) is 0 Å². The molecule has 0 aliphatic rings. The third kappa shape index (κ3) is 3.41. The number of aliphatic carboxylic acids is 1. The van der Waals surface area contributed by atoms with E-state index in [1.165, 1.54) is 6.08 Å². The van der Waals surface area contributed by atoms with Crippen LogP contribution in [0.1, 0.15) is 12.5 Å². The first-order chi connectivity index (χ1) is 9.19. The number of pyridine rings is 1. The predicted octanol–water partition coefficient (Wildman–Crippen LogP) is 1.76. The van der Waals surface area contributed by atoms with E-state index in [4.69, 9.17) is 9.84 Å². The van der Waals surface area contributed by atoms with Gasteiger partial charge in [0, 0.05) is 12.3 Å². The van der Waals surface area contributed by atoms with E-state index in [-0.39, 0.29) is 0 Å². The van der Waals surface area contributed by atoms with Crippen LogP contribution >= 0.6 is 0 Å². The summed E-state index contributed by atoms with van der Waals surface area (Å²) in [6.07, 6.45) is 9.12. The minimum Gasteiger partial charge on any atom is -0.491 e. The molecular weight excluding hydrogens is 246 g/mol. The standard InChI is InChI=1S/C13H13N3O3/c1-2-19-12-8-15-16(9-12)11-5-10(6-14-7-11)3-4-13(17)18/h3-9H,2H2,1H3,(H,17,18)/b4-3+. The van der Waals surface area contributed by atoms with Crippen LogP contribution in [0, 0.1) is 0 Å². The van der Waals surface area contributed by atoms with Crippen LogP contribution in [0.15, 0.2) is 36.9 Å². The lowest BCUT2D eigenvalue weighted by Gasteiger charge is -2.01. The van der Waals surface area contributed by atoms with Crippen molar-refractivity contribution in [2.24, 2.45) is 0 Å². The van der Waals surface area contributed by atoms with Crippen LogP contribution in [0.25, 0.3) is 11.8 Å². The van der Waals surface area contributed by atoms with E-state index in [1.807, 2.05) is 6.92 Å². The van der Waals surface area contributed by atoms with E-state index < -0.39 is 5.97 Å². The van der Waals surface area contributed by atoms with E-state index in [0.29, 0.717) is 17.9 Å². The van der Waals surface area contributed by atoms with Gasteiger partial charge in [-0.05, 0) is 24.6 Å². The molecule has 98 valence electrons. The molecule has 0 aliphatic carbocycles. The van der Waals surface area contributed by atoms with Gasteiger partial charge in [0.2, 0.25) is 0 Å². The number of rotatable bonds is 5. The lowest BCUT2D eigenvalue weighted by Crippen LogP contribution is -1.96. The molecule has 0 atom stereocenters. The van der Waals surface area contributed by atoms with Crippen molar-refractivity contribution in [1.82, 2.24) is 14.8 Å². The maximum atomic E-state index is 10.5. The second kappa shape index (κ2) is 5.81. The van der Waals surface area contributed by atoms with Crippen molar-refractivity contribution in [3.63, 3.8) is 0 Å². The van der Waals surface area contributed by atoms with Crippen LogP contribution in [0.5, 0.6) is 5.75 Å². The molecule has 0 aliphatic heterocycles. The quantitative estimate of drug-likeness (QED) is 0.828. The minimum atomic E-state index is -0.997. The number of hydrogen-bond acceptors (Lipinski definition) is 4. The van der Waals surface area contributed by atoms with E-state index >= 15 is 0 Å². The summed E-state index contributed by atoms with van der Waals surface area (Å²) in [5.74, 6) is -0.322. The van der Waals surface area contributed by atoms with Gasteiger partial charge in [0.1, 0.15) is 0 Å². The van der Waals surface area contributed by atoms with Gasteiger partial charge in [-0.2, -0.15) is 5.10 Å². The number of ether oxygens (including phenoxy) is 1. The number of nitrogens with zero attached hydrogens (tertiary/aromatic N) is 3. The van der Waals surface area contributed by atoms with E-state index in [2.05, 4.69) is 10.1 Å². The van der Waals surface area contributed by atoms with Crippen molar-refractivity contribution in [3.8, 4) is 11.4 Å². The maximum absolute atomic E-state index is 10.5. The molecule has 2 aromatic heterocycles. The van der Waals surface area contributed by atoms with E-state index in [0.717, 1.165) is 11.8 Å². The summed E-state index contributed by atoms with van der Waals surface area (Å²) in [5, 5.41) is 12.7. The van der Waals surface area contributed by atoms with Crippen molar-refractivity contribution < 1.29 is 14.6 Å². The average molecular weight is 259 g/mol. The van der Waals surface area contributed by atoms with Crippen molar-refractivity contribution in [2.75, 3.05) is 6.61 Å². The van der Waals surface area contributed by atoms with Gasteiger partial charge in [-0.1, -0.05) is 0 Å². The molecule has 2 heterocycles. The Bertz CT molecular complexity index is 605. The zero-order valence-corrected chi connectivity index (χ0v) is 10.4. The highest BCUT2D eigenvalue weighted by molar-refractivity contribution is 5.85. The van der Waals surface area contributed by atoms with Gasteiger partial charge in [-0.3, -0.25) is 4.98 Å². The second-order valence-corrected chi connectivity index (χ2v) is 3.70. The second-order valence-electron chi connectivity index (χ2n) is 3.70. The zero-order chi connectivity index (χ0) is 13.7. The van der Waals surface area contributed by atoms with Gasteiger partial charge < -0.3 is 9.84 Å². The number of hydrogen-bond donors (Lipinski definition) is 1. The van der Waals surface area contributed by atoms with Crippen molar-refractivity contribution >= 4 is 12.0 Å². The number of carboxylic acids is 1. The summed E-state index contributed by atoms with van der Waals surface area (Å²) < 4.78 is 6.94. The van der Waals surface area contributed by atoms with E-state index in [1.54, 1.807) is 35.5 Å². The molecule has 19 heavy (non-hydrogen) atoms. The molecule has 0 aromatic carbocycles. The van der Waals surface area contributed by atoms with Gasteiger partial charge in [0.15, 0.2) is 5.75 Å². The lowest BCUT2D eigenvalue weighted by atomic mass is 10.2. The summed E-state index contributed by atoms with van der Waals surface area (Å²) in [7, 11) is 0. The Hall–Kier alpha value is -2.63. The average Bonchev–Trinajstić information content (AvgIpc) is 2.86. The van der Waals surface area contributed by atoms with Crippen LogP contribution in [0.2, 0.25) is 0 Å². The fourth-order valence-corrected chi connectivity index (χ4v) is 1.52. The Balaban J connectivity index is 2.24. The first-order valence-corrected chi connectivity index (χ1v) is 5.73. The molecule has 0 saturated carbocycles. The van der Waals surface area contributed by atoms with Crippen LogP contribution < -0.4 is 4.74 Å². The Labute approximate surface area is 110 Å². The van der Waals surface area contributed by atoms with E-state index in [9.17, 15) is 4.79 Å². The lowest BCUT2D eigenvalue weighted by molar-refractivity contribution is -0.131. The fourth-order valence-electron chi connectivity index (χ4n) is 1.52. The minimum absolute atomic E-state index is 0.575. The fraction of sp³-hybridized carbons (Fsp3) is 0.154. The molecule has 0 spiro atoms. The third-order valence-corrected chi connectivity index (χ3v) is 2.30. The SMILES string of the molecule is CCOc1cnn(-c2cncc(/C=C/C(=O)O)c2)c1. The van der Waals surface area contributed by atoms with Gasteiger partial charge in [-0.25, -0.2) is 9.48 Å². The molecule has 0 saturated heterocycles. The van der Waals surface area contributed by atoms with Crippen molar-refractivity contribution in [3.05, 3.63) is 42.5 Å². The Morgan fingerprint density at radius 3 is 3.05 bits per heavy atom. The first-order valence-electron chi connectivity index (χ1n) is 5.73. The van der Waals surface area contributed by atoms with Gasteiger partial charge in [-0.15, -0.1) is 0 Å². The highest BCUT2D eigenvalue weighted by atomic mass is 16.5. The smallest absolute Gasteiger partial charge is 0.328 e. The van der Waals surface area contributed by atoms with Crippen LogP contribution in [0.3, 0.4) is 0 Å². The number of carbonyl (C=O) groups is 1.